The number of hydrogen-bond acceptors (Lipinski definition) is 3. The van der Waals surface area contributed by atoms with Crippen molar-refractivity contribution < 1.29 is 14.6 Å². The molecule has 0 aromatic rings. The summed E-state index contributed by atoms with van der Waals surface area (Å²) in [7, 11) is 0. The van der Waals surface area contributed by atoms with E-state index in [9.17, 15) is 4.79 Å². The molecule has 3 atom stereocenters. The second-order valence-corrected chi connectivity index (χ2v) is 5.21. The van der Waals surface area contributed by atoms with E-state index in [1.165, 1.54) is 0 Å². The first-order valence-electron chi connectivity index (χ1n) is 6.79. The van der Waals surface area contributed by atoms with Crippen LogP contribution < -0.4 is 0 Å². The van der Waals surface area contributed by atoms with Crippen molar-refractivity contribution in [3.8, 4) is 0 Å². The molecule has 0 radical (unpaired) electrons. The zero-order valence-corrected chi connectivity index (χ0v) is 10.6. The molecule has 2 rings (SSSR count). The summed E-state index contributed by atoms with van der Waals surface area (Å²) in [4.78, 5) is 14.3. The third kappa shape index (κ3) is 2.99. The monoisotopic (exact) mass is 241 g/mol. The van der Waals surface area contributed by atoms with E-state index in [1.54, 1.807) is 0 Å². The maximum Gasteiger partial charge on any atom is 0.251 e. The highest BCUT2D eigenvalue weighted by atomic mass is 16.5. The molecule has 2 saturated heterocycles. The van der Waals surface area contributed by atoms with Gasteiger partial charge in [-0.2, -0.15) is 0 Å². The zero-order valence-electron chi connectivity index (χ0n) is 10.6. The molecule has 0 saturated carbocycles. The summed E-state index contributed by atoms with van der Waals surface area (Å²) < 4.78 is 5.65. The fourth-order valence-electron chi connectivity index (χ4n) is 2.92. The largest absolute Gasteiger partial charge is 0.396 e. The zero-order chi connectivity index (χ0) is 12.3. The van der Waals surface area contributed by atoms with Gasteiger partial charge in [0.1, 0.15) is 6.10 Å². The minimum absolute atomic E-state index is 0.176. The molecule has 0 aliphatic carbocycles. The molecule has 2 aliphatic rings. The van der Waals surface area contributed by atoms with Crippen LogP contribution in [0.4, 0.5) is 0 Å². The number of aliphatic hydroxyl groups is 1. The Morgan fingerprint density at radius 2 is 2.24 bits per heavy atom. The lowest BCUT2D eigenvalue weighted by Gasteiger charge is -2.27. The fourth-order valence-corrected chi connectivity index (χ4v) is 2.92. The Kier molecular flexibility index (Phi) is 4.40. The summed E-state index contributed by atoms with van der Waals surface area (Å²) in [5, 5.41) is 8.87. The van der Waals surface area contributed by atoms with Gasteiger partial charge in [0.05, 0.1) is 6.10 Å². The lowest BCUT2D eigenvalue weighted by atomic mass is 10.1. The third-order valence-electron chi connectivity index (χ3n) is 3.86. The lowest BCUT2D eigenvalue weighted by molar-refractivity contribution is -0.143. The van der Waals surface area contributed by atoms with Gasteiger partial charge in [-0.1, -0.05) is 0 Å². The van der Waals surface area contributed by atoms with Crippen molar-refractivity contribution in [2.75, 3.05) is 13.2 Å². The van der Waals surface area contributed by atoms with Crippen LogP contribution in [-0.4, -0.2) is 47.3 Å². The van der Waals surface area contributed by atoms with Crippen molar-refractivity contribution in [1.29, 1.82) is 0 Å². The van der Waals surface area contributed by atoms with Crippen LogP contribution in [-0.2, 0) is 9.53 Å². The number of carbonyl (C=O) groups excluding carboxylic acids is 1. The topological polar surface area (TPSA) is 49.8 Å². The fraction of sp³-hybridized carbons (Fsp3) is 0.923. The van der Waals surface area contributed by atoms with Gasteiger partial charge in [-0.15, -0.1) is 0 Å². The lowest BCUT2D eigenvalue weighted by Crippen LogP contribution is -2.42. The standard InChI is InChI=1S/C13H23NO3/c1-10-6-7-12(17-10)13(16)14-8-2-4-11(14)5-3-9-15/h10-12,15H,2-9H2,1H3. The number of rotatable bonds is 4. The van der Waals surface area contributed by atoms with Gasteiger partial charge in [0, 0.05) is 19.2 Å². The van der Waals surface area contributed by atoms with E-state index in [-0.39, 0.29) is 24.7 Å². The molecule has 1 amide bonds. The minimum Gasteiger partial charge on any atom is -0.396 e. The first-order valence-corrected chi connectivity index (χ1v) is 6.79. The van der Waals surface area contributed by atoms with Crippen LogP contribution in [0.1, 0.15) is 45.4 Å². The highest BCUT2D eigenvalue weighted by molar-refractivity contribution is 5.81. The molecule has 0 aromatic heterocycles. The van der Waals surface area contributed by atoms with E-state index < -0.39 is 0 Å². The summed E-state index contributed by atoms with van der Waals surface area (Å²) in [6.07, 6.45) is 5.75. The number of carbonyl (C=O) groups is 1. The Morgan fingerprint density at radius 3 is 2.88 bits per heavy atom. The number of likely N-dealkylation sites (tertiary alicyclic amines) is 1. The van der Waals surface area contributed by atoms with Crippen LogP contribution in [0.3, 0.4) is 0 Å². The van der Waals surface area contributed by atoms with E-state index in [2.05, 4.69) is 0 Å². The molecule has 2 aliphatic heterocycles. The molecule has 4 heteroatoms. The molecular weight excluding hydrogens is 218 g/mol. The van der Waals surface area contributed by atoms with Gasteiger partial charge >= 0.3 is 0 Å². The predicted octanol–water partition coefficient (Wildman–Crippen LogP) is 1.32. The average Bonchev–Trinajstić information content (AvgIpc) is 2.94. The van der Waals surface area contributed by atoms with Crippen LogP contribution in [0.2, 0.25) is 0 Å². The smallest absolute Gasteiger partial charge is 0.251 e. The van der Waals surface area contributed by atoms with Crippen molar-refractivity contribution in [2.45, 2.75) is 63.7 Å². The Bertz CT molecular complexity index is 269. The van der Waals surface area contributed by atoms with Crippen LogP contribution in [0.25, 0.3) is 0 Å². The molecule has 4 nitrogen and oxygen atoms in total. The first kappa shape index (κ1) is 12.8. The Balaban J connectivity index is 1.89. The maximum absolute atomic E-state index is 12.3. The Labute approximate surface area is 103 Å². The quantitative estimate of drug-likeness (QED) is 0.807. The second kappa shape index (κ2) is 5.83. The van der Waals surface area contributed by atoms with Crippen molar-refractivity contribution in [3.05, 3.63) is 0 Å². The molecule has 17 heavy (non-hydrogen) atoms. The Hall–Kier alpha value is -0.610. The van der Waals surface area contributed by atoms with E-state index in [0.717, 1.165) is 45.1 Å². The molecular formula is C13H23NO3. The van der Waals surface area contributed by atoms with E-state index in [4.69, 9.17) is 9.84 Å². The summed E-state index contributed by atoms with van der Waals surface area (Å²) in [5.74, 6) is 0.176. The number of amides is 1. The van der Waals surface area contributed by atoms with E-state index in [1.807, 2.05) is 11.8 Å². The van der Waals surface area contributed by atoms with Gasteiger partial charge in [0.15, 0.2) is 0 Å². The van der Waals surface area contributed by atoms with Gasteiger partial charge in [-0.25, -0.2) is 0 Å². The van der Waals surface area contributed by atoms with Crippen molar-refractivity contribution in [1.82, 2.24) is 4.90 Å². The molecule has 1 N–H and O–H groups in total. The molecule has 0 aromatic carbocycles. The Morgan fingerprint density at radius 1 is 1.41 bits per heavy atom. The van der Waals surface area contributed by atoms with Crippen molar-refractivity contribution in [3.63, 3.8) is 0 Å². The summed E-state index contributed by atoms with van der Waals surface area (Å²) in [6, 6.07) is 0.328. The highest BCUT2D eigenvalue weighted by Crippen LogP contribution is 2.27. The van der Waals surface area contributed by atoms with Crippen molar-refractivity contribution in [2.24, 2.45) is 0 Å². The van der Waals surface area contributed by atoms with Crippen LogP contribution in [0.15, 0.2) is 0 Å². The average molecular weight is 241 g/mol. The first-order chi connectivity index (χ1) is 8.22. The van der Waals surface area contributed by atoms with E-state index >= 15 is 0 Å². The van der Waals surface area contributed by atoms with Crippen LogP contribution >= 0.6 is 0 Å². The normalized spacial score (nSPS) is 33.3. The van der Waals surface area contributed by atoms with Crippen LogP contribution in [0, 0.1) is 0 Å². The summed E-state index contributed by atoms with van der Waals surface area (Å²) in [5.41, 5.74) is 0. The maximum atomic E-state index is 12.3. The predicted molar refractivity (Wildman–Crippen MR) is 64.6 cm³/mol. The number of hydrogen-bond donors (Lipinski definition) is 1. The minimum atomic E-state index is -0.209. The molecule has 3 unspecified atom stereocenters. The van der Waals surface area contributed by atoms with Gasteiger partial charge in [-0.05, 0) is 45.4 Å². The molecule has 0 bridgehead atoms. The van der Waals surface area contributed by atoms with Crippen LogP contribution in [0.5, 0.6) is 0 Å². The number of nitrogens with zero attached hydrogens (tertiary/aromatic N) is 1. The molecule has 2 heterocycles. The molecule has 0 spiro atoms. The number of ether oxygens (including phenoxy) is 1. The third-order valence-corrected chi connectivity index (χ3v) is 3.86. The highest BCUT2D eigenvalue weighted by Gasteiger charge is 2.36. The second-order valence-electron chi connectivity index (χ2n) is 5.21. The van der Waals surface area contributed by atoms with Gasteiger partial charge in [0.25, 0.3) is 5.91 Å². The number of aliphatic hydroxyl groups excluding tert-OH is 1. The summed E-state index contributed by atoms with van der Waals surface area (Å²) in [6.45, 7) is 3.11. The SMILES string of the molecule is CC1CCC(C(=O)N2CCCC2CCCO)O1. The summed E-state index contributed by atoms with van der Waals surface area (Å²) >= 11 is 0. The van der Waals surface area contributed by atoms with Gasteiger partial charge in [0.2, 0.25) is 0 Å². The van der Waals surface area contributed by atoms with Gasteiger partial charge < -0.3 is 14.7 Å². The molecule has 98 valence electrons. The van der Waals surface area contributed by atoms with Gasteiger partial charge in [-0.3, -0.25) is 4.79 Å². The van der Waals surface area contributed by atoms with E-state index in [0.29, 0.717) is 6.04 Å². The van der Waals surface area contributed by atoms with Crippen molar-refractivity contribution >= 4 is 5.91 Å². The molecule has 2 fully saturated rings.